The normalized spacial score (nSPS) is 15.2. The number of nitrogens with one attached hydrogen (secondary N) is 1. The van der Waals surface area contributed by atoms with E-state index in [1.807, 2.05) is 0 Å². The van der Waals surface area contributed by atoms with Gasteiger partial charge in [0.05, 0.1) is 13.2 Å². The van der Waals surface area contributed by atoms with Gasteiger partial charge in [-0.3, -0.25) is 4.84 Å². The van der Waals surface area contributed by atoms with Gasteiger partial charge in [-0.2, -0.15) is 0 Å². The van der Waals surface area contributed by atoms with E-state index in [0.717, 1.165) is 12.0 Å². The van der Waals surface area contributed by atoms with Gasteiger partial charge in [0.25, 0.3) is 0 Å². The third-order valence-corrected chi connectivity index (χ3v) is 2.31. The first-order chi connectivity index (χ1) is 7.75. The van der Waals surface area contributed by atoms with Crippen molar-refractivity contribution in [3.63, 3.8) is 0 Å². The van der Waals surface area contributed by atoms with Crippen LogP contribution in [0.25, 0.3) is 0 Å². The summed E-state index contributed by atoms with van der Waals surface area (Å²) in [4.78, 5) is 16.6. The van der Waals surface area contributed by atoms with Crippen LogP contribution >= 0.6 is 0 Å². The van der Waals surface area contributed by atoms with Crippen molar-refractivity contribution in [2.45, 2.75) is 13.0 Å². The summed E-state index contributed by atoms with van der Waals surface area (Å²) < 4.78 is 12.8. The molecule has 0 atom stereocenters. The fraction of sp³-hybridized carbons (Fsp3) is 0.364. The Bertz CT molecular complexity index is 378. The van der Waals surface area contributed by atoms with E-state index < -0.39 is 0 Å². The molecular weight excluding hydrogens is 211 g/mol. The molecule has 0 aliphatic carbocycles. The van der Waals surface area contributed by atoms with Crippen molar-refractivity contribution in [1.82, 2.24) is 10.4 Å². The molecule has 0 bridgehead atoms. The second kappa shape index (κ2) is 4.94. The summed E-state index contributed by atoms with van der Waals surface area (Å²) >= 11 is 0. The fourth-order valence-electron chi connectivity index (χ4n) is 1.52. The lowest BCUT2D eigenvalue weighted by Crippen LogP contribution is -2.36. The molecule has 2 rings (SSSR count). The summed E-state index contributed by atoms with van der Waals surface area (Å²) in [6.45, 7) is 1.48. The zero-order valence-corrected chi connectivity index (χ0v) is 8.78. The molecule has 1 aliphatic heterocycles. The molecule has 5 heteroatoms. The van der Waals surface area contributed by atoms with E-state index in [-0.39, 0.29) is 11.8 Å². The molecule has 0 aromatic heterocycles. The van der Waals surface area contributed by atoms with E-state index in [1.165, 1.54) is 17.2 Å². The Balaban J connectivity index is 1.84. The molecule has 1 aliphatic rings. The van der Waals surface area contributed by atoms with Gasteiger partial charge in [0.2, 0.25) is 0 Å². The molecule has 1 N–H and O–H groups in total. The van der Waals surface area contributed by atoms with Crippen molar-refractivity contribution in [1.29, 1.82) is 0 Å². The van der Waals surface area contributed by atoms with Crippen LogP contribution in [0.4, 0.5) is 9.18 Å². The average Bonchev–Trinajstić information content (AvgIpc) is 2.79. The number of carbonyl (C=O) groups is 1. The summed E-state index contributed by atoms with van der Waals surface area (Å²) in [5.41, 5.74) is 0.729. The van der Waals surface area contributed by atoms with Crippen LogP contribution in [0.2, 0.25) is 0 Å². The van der Waals surface area contributed by atoms with Crippen LogP contribution < -0.4 is 5.32 Å². The Kier molecular flexibility index (Phi) is 3.36. The van der Waals surface area contributed by atoms with E-state index in [0.29, 0.717) is 19.7 Å². The van der Waals surface area contributed by atoms with E-state index in [9.17, 15) is 9.18 Å². The predicted molar refractivity (Wildman–Crippen MR) is 55.9 cm³/mol. The number of hydrogen-bond donors (Lipinski definition) is 1. The molecule has 1 heterocycles. The molecule has 1 saturated heterocycles. The summed E-state index contributed by atoms with van der Waals surface area (Å²) in [6.07, 6.45) is 0.855. The number of hydrogen-bond acceptors (Lipinski definition) is 2. The smallest absolute Gasteiger partial charge is 0.332 e. The summed E-state index contributed by atoms with van der Waals surface area (Å²) in [7, 11) is 0. The highest BCUT2D eigenvalue weighted by Gasteiger charge is 2.18. The summed E-state index contributed by atoms with van der Waals surface area (Å²) in [5.74, 6) is -0.302. The number of urea groups is 1. The van der Waals surface area contributed by atoms with Gasteiger partial charge in [-0.1, -0.05) is 12.1 Å². The lowest BCUT2D eigenvalue weighted by Gasteiger charge is -2.14. The van der Waals surface area contributed by atoms with Crippen LogP contribution in [0.1, 0.15) is 12.0 Å². The number of amides is 2. The number of nitrogens with zero attached hydrogens (tertiary/aromatic N) is 1. The number of benzene rings is 1. The van der Waals surface area contributed by atoms with E-state index in [1.54, 1.807) is 12.1 Å². The topological polar surface area (TPSA) is 41.6 Å². The summed E-state index contributed by atoms with van der Waals surface area (Å²) in [5, 5.41) is 3.95. The molecule has 4 nitrogen and oxygen atoms in total. The zero-order valence-electron chi connectivity index (χ0n) is 8.78. The molecule has 2 amide bonds. The van der Waals surface area contributed by atoms with E-state index in [4.69, 9.17) is 4.84 Å². The molecule has 0 unspecified atom stereocenters. The quantitative estimate of drug-likeness (QED) is 0.830. The minimum Gasteiger partial charge on any atom is -0.332 e. The number of carbonyl (C=O) groups excluding carboxylic acids is 1. The first-order valence-electron chi connectivity index (χ1n) is 5.18. The highest BCUT2D eigenvalue weighted by atomic mass is 19.1. The Hall–Kier alpha value is -1.62. The maximum atomic E-state index is 12.8. The first kappa shape index (κ1) is 10.9. The highest BCUT2D eigenvalue weighted by Crippen LogP contribution is 2.06. The van der Waals surface area contributed by atoms with Crippen LogP contribution in [-0.2, 0) is 11.4 Å². The molecule has 86 valence electrons. The molecule has 1 aromatic carbocycles. The van der Waals surface area contributed by atoms with Crippen LogP contribution in [-0.4, -0.2) is 24.2 Å². The Morgan fingerprint density at radius 3 is 3.12 bits per heavy atom. The third kappa shape index (κ3) is 2.70. The molecule has 1 aromatic rings. The highest BCUT2D eigenvalue weighted by molar-refractivity contribution is 5.73. The largest absolute Gasteiger partial charge is 0.341 e. The van der Waals surface area contributed by atoms with Crippen molar-refractivity contribution in [2.24, 2.45) is 0 Å². The van der Waals surface area contributed by atoms with E-state index in [2.05, 4.69) is 5.32 Å². The number of hydroxylamine groups is 2. The molecular formula is C11H13FN2O2. The van der Waals surface area contributed by atoms with Crippen molar-refractivity contribution < 1.29 is 14.0 Å². The maximum Gasteiger partial charge on any atom is 0.341 e. The van der Waals surface area contributed by atoms with Gasteiger partial charge in [-0.05, 0) is 24.1 Å². The van der Waals surface area contributed by atoms with Crippen LogP contribution in [0.15, 0.2) is 24.3 Å². The lowest BCUT2D eigenvalue weighted by atomic mass is 10.2. The predicted octanol–water partition coefficient (Wildman–Crippen LogP) is 1.67. The molecule has 16 heavy (non-hydrogen) atoms. The van der Waals surface area contributed by atoms with Crippen molar-refractivity contribution in [3.8, 4) is 0 Å². The van der Waals surface area contributed by atoms with Gasteiger partial charge in [0.1, 0.15) is 5.82 Å². The monoisotopic (exact) mass is 224 g/mol. The molecule has 0 spiro atoms. The van der Waals surface area contributed by atoms with Crippen molar-refractivity contribution in [2.75, 3.05) is 13.2 Å². The minimum absolute atomic E-state index is 0.276. The van der Waals surface area contributed by atoms with Crippen molar-refractivity contribution >= 4 is 6.03 Å². The Morgan fingerprint density at radius 1 is 1.56 bits per heavy atom. The standard InChI is InChI=1S/C11H13FN2O2/c12-10-4-1-3-9(7-10)8-13-11(15)14-5-2-6-16-14/h1,3-4,7H,2,5-6,8H2,(H,13,15). The van der Waals surface area contributed by atoms with Gasteiger partial charge in [0.15, 0.2) is 0 Å². The van der Waals surface area contributed by atoms with Gasteiger partial charge >= 0.3 is 6.03 Å². The van der Waals surface area contributed by atoms with Crippen LogP contribution in [0.5, 0.6) is 0 Å². The first-order valence-corrected chi connectivity index (χ1v) is 5.18. The van der Waals surface area contributed by atoms with Crippen molar-refractivity contribution in [3.05, 3.63) is 35.6 Å². The lowest BCUT2D eigenvalue weighted by molar-refractivity contribution is -0.0663. The second-order valence-corrected chi connectivity index (χ2v) is 3.58. The Morgan fingerprint density at radius 2 is 2.44 bits per heavy atom. The summed E-state index contributed by atoms with van der Waals surface area (Å²) in [6, 6.07) is 5.86. The molecule has 0 saturated carbocycles. The maximum absolute atomic E-state index is 12.8. The molecule has 0 radical (unpaired) electrons. The average molecular weight is 224 g/mol. The van der Waals surface area contributed by atoms with Gasteiger partial charge in [-0.15, -0.1) is 0 Å². The zero-order chi connectivity index (χ0) is 11.4. The van der Waals surface area contributed by atoms with E-state index >= 15 is 0 Å². The van der Waals surface area contributed by atoms with Gasteiger partial charge in [0, 0.05) is 6.54 Å². The SMILES string of the molecule is O=C(NCc1cccc(F)c1)N1CCCO1. The second-order valence-electron chi connectivity index (χ2n) is 3.58. The fourth-order valence-corrected chi connectivity index (χ4v) is 1.52. The van der Waals surface area contributed by atoms with Gasteiger partial charge < -0.3 is 5.32 Å². The Labute approximate surface area is 93.0 Å². The minimum atomic E-state index is -0.302. The number of rotatable bonds is 2. The molecule has 1 fully saturated rings. The van der Waals surface area contributed by atoms with Gasteiger partial charge in [-0.25, -0.2) is 14.2 Å². The number of halogens is 1. The third-order valence-electron chi connectivity index (χ3n) is 2.31. The van der Waals surface area contributed by atoms with Crippen LogP contribution in [0.3, 0.4) is 0 Å². The van der Waals surface area contributed by atoms with Crippen LogP contribution in [0, 0.1) is 5.82 Å².